The van der Waals surface area contributed by atoms with Crippen molar-refractivity contribution in [3.63, 3.8) is 0 Å². The second-order valence-electron chi connectivity index (χ2n) is 8.22. The third-order valence-corrected chi connectivity index (χ3v) is 5.64. The van der Waals surface area contributed by atoms with Crippen molar-refractivity contribution in [2.75, 3.05) is 0 Å². The summed E-state index contributed by atoms with van der Waals surface area (Å²) in [6.45, 7) is 0. The Morgan fingerprint density at radius 2 is 1.23 bits per heavy atom. The molecule has 0 saturated heterocycles. The fourth-order valence-electron chi connectivity index (χ4n) is 3.96. The van der Waals surface area contributed by atoms with Gasteiger partial charge in [0.05, 0.1) is 39.4 Å². The van der Waals surface area contributed by atoms with E-state index in [1.165, 1.54) is 0 Å². The molecule has 35 heavy (non-hydrogen) atoms. The molecule has 3 N–H and O–H groups in total. The minimum Gasteiger partial charge on any atom is -0.478 e. The van der Waals surface area contributed by atoms with Gasteiger partial charge in [-0.05, 0) is 91.0 Å². The summed E-state index contributed by atoms with van der Waals surface area (Å²) in [4.78, 5) is 27.3. The maximum atomic E-state index is 11.1. The Labute approximate surface area is 200 Å². The number of carbonyl (C=O) groups is 1. The van der Waals surface area contributed by atoms with Crippen molar-refractivity contribution >= 4 is 52.3 Å². The minimum absolute atomic E-state index is 0.233. The first-order valence-electron chi connectivity index (χ1n) is 11.0. The highest BCUT2D eigenvalue weighted by molar-refractivity contribution is 5.87. The number of aromatic amines is 2. The van der Waals surface area contributed by atoms with Crippen molar-refractivity contribution in [3.05, 3.63) is 106 Å². The maximum absolute atomic E-state index is 11.1. The Kier molecular flexibility index (Phi) is 4.86. The molecule has 0 saturated carbocycles. The van der Waals surface area contributed by atoms with Crippen LogP contribution < -0.4 is 0 Å². The molecule has 4 aromatic rings. The number of nitrogens with zero attached hydrogens (tertiary/aromatic N) is 2. The number of hydrogen-bond acceptors (Lipinski definition) is 3. The summed E-state index contributed by atoms with van der Waals surface area (Å²) in [6.07, 6.45) is 7.90. The Balaban J connectivity index is 1.53. The van der Waals surface area contributed by atoms with E-state index >= 15 is 0 Å². The van der Waals surface area contributed by atoms with Crippen LogP contribution in [0.3, 0.4) is 0 Å². The molecule has 0 aliphatic carbocycles. The molecule has 0 amide bonds. The highest BCUT2D eigenvalue weighted by atomic mass is 16.4. The van der Waals surface area contributed by atoms with E-state index in [2.05, 4.69) is 21.8 Å². The number of aromatic carboxylic acids is 1. The molecule has 0 atom stereocenters. The lowest BCUT2D eigenvalue weighted by atomic mass is 10.1. The van der Waals surface area contributed by atoms with E-state index < -0.39 is 5.97 Å². The Bertz CT molecular complexity index is 1770. The van der Waals surface area contributed by atoms with Gasteiger partial charge in [0.1, 0.15) is 0 Å². The van der Waals surface area contributed by atoms with E-state index in [-0.39, 0.29) is 5.56 Å². The fraction of sp³-hybridized carbons (Fsp3) is 0. The Morgan fingerprint density at radius 1 is 0.657 bits per heavy atom. The van der Waals surface area contributed by atoms with Crippen LogP contribution in [-0.4, -0.2) is 31.0 Å². The van der Waals surface area contributed by atoms with Gasteiger partial charge < -0.3 is 15.1 Å². The van der Waals surface area contributed by atoms with Crippen LogP contribution in [0.1, 0.15) is 44.3 Å². The SMILES string of the molecule is O=C(O)c1ccc(C#Cc2cc3cc4nc(cc5ccc(cc6nc(cc2[nH]3)C=C6)[nH]5)C=C4)cc1. The van der Waals surface area contributed by atoms with Crippen molar-refractivity contribution < 1.29 is 9.90 Å². The van der Waals surface area contributed by atoms with Crippen LogP contribution in [0.2, 0.25) is 0 Å². The van der Waals surface area contributed by atoms with Gasteiger partial charge in [0, 0.05) is 22.1 Å². The molecule has 0 fully saturated rings. The average Bonchev–Trinajstić information content (AvgIpc) is 3.63. The lowest BCUT2D eigenvalue weighted by Gasteiger charge is -1.93. The maximum Gasteiger partial charge on any atom is 0.335 e. The summed E-state index contributed by atoms with van der Waals surface area (Å²) in [7, 11) is 0. The summed E-state index contributed by atoms with van der Waals surface area (Å²) >= 11 is 0. The van der Waals surface area contributed by atoms with E-state index in [0.717, 1.165) is 56.0 Å². The number of rotatable bonds is 1. The first kappa shape index (κ1) is 20.5. The lowest BCUT2D eigenvalue weighted by Crippen LogP contribution is -1.94. The number of hydrogen-bond donors (Lipinski definition) is 3. The van der Waals surface area contributed by atoms with E-state index in [0.29, 0.717) is 0 Å². The van der Waals surface area contributed by atoms with Gasteiger partial charge in [-0.2, -0.15) is 0 Å². The van der Waals surface area contributed by atoms with Crippen molar-refractivity contribution in [1.29, 1.82) is 0 Å². The second-order valence-corrected chi connectivity index (χ2v) is 8.22. The third kappa shape index (κ3) is 4.39. The zero-order chi connectivity index (χ0) is 23.8. The second kappa shape index (κ2) is 8.32. The van der Waals surface area contributed by atoms with E-state index in [9.17, 15) is 4.79 Å². The van der Waals surface area contributed by atoms with E-state index in [1.54, 1.807) is 24.3 Å². The molecule has 166 valence electrons. The highest BCUT2D eigenvalue weighted by Gasteiger charge is 2.05. The molecular weight excluding hydrogens is 436 g/mol. The van der Waals surface area contributed by atoms with Crippen molar-refractivity contribution in [1.82, 2.24) is 19.9 Å². The molecule has 1 aromatic carbocycles. The molecule has 6 rings (SSSR count). The quantitative estimate of drug-likeness (QED) is 0.276. The summed E-state index contributed by atoms with van der Waals surface area (Å²) in [5.74, 6) is 5.39. The molecule has 6 heteroatoms. The number of carboxylic acids is 1. The lowest BCUT2D eigenvalue weighted by molar-refractivity contribution is 0.0697. The smallest absolute Gasteiger partial charge is 0.335 e. The van der Waals surface area contributed by atoms with Crippen LogP contribution in [-0.2, 0) is 0 Å². The van der Waals surface area contributed by atoms with Crippen molar-refractivity contribution in [2.45, 2.75) is 0 Å². The predicted molar refractivity (Wildman–Crippen MR) is 138 cm³/mol. The summed E-state index contributed by atoms with van der Waals surface area (Å²) < 4.78 is 0. The minimum atomic E-state index is -0.958. The number of aromatic nitrogens is 4. The highest BCUT2D eigenvalue weighted by Crippen LogP contribution is 2.19. The number of carboxylic acid groups (broad SMARTS) is 1. The van der Waals surface area contributed by atoms with Gasteiger partial charge in [0.15, 0.2) is 0 Å². The summed E-state index contributed by atoms with van der Waals surface area (Å²) in [6, 6.07) is 20.5. The van der Waals surface area contributed by atoms with Gasteiger partial charge in [0.25, 0.3) is 0 Å². The van der Waals surface area contributed by atoms with Gasteiger partial charge in [-0.1, -0.05) is 11.8 Å². The van der Waals surface area contributed by atoms with Crippen LogP contribution in [0, 0.1) is 11.8 Å². The molecule has 5 heterocycles. The van der Waals surface area contributed by atoms with Gasteiger partial charge in [-0.3, -0.25) is 0 Å². The molecular formula is C29H18N4O2. The molecule has 2 aliphatic heterocycles. The van der Waals surface area contributed by atoms with Gasteiger partial charge in [-0.15, -0.1) is 0 Å². The fourth-order valence-corrected chi connectivity index (χ4v) is 3.96. The molecule has 0 unspecified atom stereocenters. The van der Waals surface area contributed by atoms with Crippen molar-refractivity contribution in [2.24, 2.45) is 0 Å². The Hall–Kier alpha value is -5.15. The van der Waals surface area contributed by atoms with Crippen LogP contribution in [0.15, 0.2) is 66.7 Å². The molecule has 3 aromatic heterocycles. The summed E-state index contributed by atoms with van der Waals surface area (Å²) in [5.41, 5.74) is 8.81. The summed E-state index contributed by atoms with van der Waals surface area (Å²) in [5, 5.41) is 9.10. The molecule has 0 radical (unpaired) electrons. The van der Waals surface area contributed by atoms with Gasteiger partial charge >= 0.3 is 5.97 Å². The topological polar surface area (TPSA) is 94.7 Å². The van der Waals surface area contributed by atoms with Crippen LogP contribution in [0.25, 0.3) is 46.4 Å². The van der Waals surface area contributed by atoms with Gasteiger partial charge in [0.2, 0.25) is 0 Å². The number of H-pyrrole nitrogens is 2. The van der Waals surface area contributed by atoms with E-state index in [1.807, 2.05) is 66.8 Å². The molecule has 6 nitrogen and oxygen atoms in total. The number of nitrogens with one attached hydrogen (secondary N) is 2. The zero-order valence-corrected chi connectivity index (χ0v) is 18.4. The van der Waals surface area contributed by atoms with Gasteiger partial charge in [-0.25, -0.2) is 14.8 Å². The number of benzene rings is 1. The first-order valence-corrected chi connectivity index (χ1v) is 11.0. The monoisotopic (exact) mass is 454 g/mol. The number of fused-ring (bicyclic) bond motifs is 8. The van der Waals surface area contributed by atoms with Crippen LogP contribution in [0.5, 0.6) is 0 Å². The van der Waals surface area contributed by atoms with Crippen molar-refractivity contribution in [3.8, 4) is 11.8 Å². The third-order valence-electron chi connectivity index (χ3n) is 5.64. The Morgan fingerprint density at radius 3 is 1.83 bits per heavy atom. The van der Waals surface area contributed by atoms with E-state index in [4.69, 9.17) is 15.1 Å². The molecule has 8 bridgehead atoms. The van der Waals surface area contributed by atoms with Crippen LogP contribution in [0.4, 0.5) is 0 Å². The first-order chi connectivity index (χ1) is 17.1. The van der Waals surface area contributed by atoms with Crippen LogP contribution >= 0.6 is 0 Å². The predicted octanol–water partition coefficient (Wildman–Crippen LogP) is 5.75. The average molecular weight is 454 g/mol. The standard InChI is InChI=1S/C29H18N4O2/c34-29(35)19-4-1-18(2-5-19)3-6-20-13-27-16-25-10-9-23(31-25)14-21-7-8-22(30-21)15-24-11-12-26(32-24)17-28(20)33-27/h1-2,4-5,7-17,30,33H,(H,34,35). The normalized spacial score (nSPS) is 11.8. The largest absolute Gasteiger partial charge is 0.478 e. The molecule has 2 aliphatic rings. The molecule has 0 spiro atoms. The zero-order valence-electron chi connectivity index (χ0n) is 18.4.